The van der Waals surface area contributed by atoms with Crippen molar-refractivity contribution < 1.29 is 0 Å². The van der Waals surface area contributed by atoms with Gasteiger partial charge in [0.25, 0.3) is 0 Å². The van der Waals surface area contributed by atoms with Gasteiger partial charge in [0.1, 0.15) is 0 Å². The second kappa shape index (κ2) is 4.80. The Morgan fingerprint density at radius 1 is 1.27 bits per heavy atom. The highest BCUT2D eigenvalue weighted by atomic mass is 14.7. The molecule has 0 saturated heterocycles. The summed E-state index contributed by atoms with van der Waals surface area (Å²) in [7, 11) is 0. The molecule has 0 saturated carbocycles. The average molecular weight is 205 g/mol. The third kappa shape index (κ3) is 3.35. The molecule has 0 heterocycles. The fourth-order valence-corrected chi connectivity index (χ4v) is 1.92. The Kier molecular flexibility index (Phi) is 3.92. The Morgan fingerprint density at radius 2 is 1.80 bits per heavy atom. The molecule has 1 aromatic carbocycles. The van der Waals surface area contributed by atoms with E-state index in [1.807, 2.05) is 0 Å². The van der Waals surface area contributed by atoms with Gasteiger partial charge in [-0.2, -0.15) is 0 Å². The van der Waals surface area contributed by atoms with Crippen LogP contribution in [-0.2, 0) is 5.54 Å². The summed E-state index contributed by atoms with van der Waals surface area (Å²) in [6, 6.07) is 8.57. The topological polar surface area (TPSA) is 26.0 Å². The maximum absolute atomic E-state index is 6.36. The van der Waals surface area contributed by atoms with E-state index in [9.17, 15) is 0 Å². The molecule has 0 aromatic heterocycles. The van der Waals surface area contributed by atoms with Crippen molar-refractivity contribution in [1.29, 1.82) is 0 Å². The van der Waals surface area contributed by atoms with Gasteiger partial charge in [0.05, 0.1) is 0 Å². The fourth-order valence-electron chi connectivity index (χ4n) is 1.92. The van der Waals surface area contributed by atoms with Crippen LogP contribution in [0.1, 0.15) is 44.7 Å². The summed E-state index contributed by atoms with van der Waals surface area (Å²) in [6.07, 6.45) is 2.24. The number of nitrogens with two attached hydrogens (primary N) is 1. The van der Waals surface area contributed by atoms with Crippen LogP contribution in [0.2, 0.25) is 0 Å². The van der Waals surface area contributed by atoms with Crippen LogP contribution in [0.5, 0.6) is 0 Å². The third-order valence-corrected chi connectivity index (χ3v) is 3.18. The summed E-state index contributed by atoms with van der Waals surface area (Å²) < 4.78 is 0. The molecule has 1 heteroatoms. The molecule has 0 aliphatic carbocycles. The van der Waals surface area contributed by atoms with Crippen LogP contribution >= 0.6 is 0 Å². The molecule has 0 bridgehead atoms. The Hall–Kier alpha value is -0.820. The highest BCUT2D eigenvalue weighted by Crippen LogP contribution is 2.27. The van der Waals surface area contributed by atoms with Crippen molar-refractivity contribution in [2.24, 2.45) is 11.7 Å². The molecule has 2 atom stereocenters. The molecule has 2 N–H and O–H groups in total. The maximum Gasteiger partial charge on any atom is 0.0383 e. The minimum atomic E-state index is -0.191. The molecule has 0 aliphatic heterocycles. The van der Waals surface area contributed by atoms with Crippen molar-refractivity contribution in [1.82, 2.24) is 0 Å². The molecule has 1 rings (SSSR count). The van der Waals surface area contributed by atoms with Gasteiger partial charge >= 0.3 is 0 Å². The molecule has 1 nitrogen and oxygen atoms in total. The molecule has 0 fully saturated rings. The smallest absolute Gasteiger partial charge is 0.0383 e. The van der Waals surface area contributed by atoms with Crippen molar-refractivity contribution in [2.75, 3.05) is 0 Å². The van der Waals surface area contributed by atoms with Gasteiger partial charge in [0.2, 0.25) is 0 Å². The van der Waals surface area contributed by atoms with Gasteiger partial charge in [0, 0.05) is 5.54 Å². The lowest BCUT2D eigenvalue weighted by atomic mass is 9.83. The molecule has 15 heavy (non-hydrogen) atoms. The Morgan fingerprint density at radius 3 is 2.27 bits per heavy atom. The number of rotatable bonds is 4. The van der Waals surface area contributed by atoms with Crippen LogP contribution < -0.4 is 5.73 Å². The number of hydrogen-bond acceptors (Lipinski definition) is 1. The Balaban J connectivity index is 2.80. The third-order valence-electron chi connectivity index (χ3n) is 3.18. The van der Waals surface area contributed by atoms with Crippen molar-refractivity contribution in [3.05, 3.63) is 35.4 Å². The Labute approximate surface area is 93.7 Å². The van der Waals surface area contributed by atoms with Crippen LogP contribution in [-0.4, -0.2) is 0 Å². The summed E-state index contributed by atoms with van der Waals surface area (Å²) in [4.78, 5) is 0. The van der Waals surface area contributed by atoms with E-state index in [0.29, 0.717) is 5.92 Å². The molecule has 0 radical (unpaired) electrons. The normalized spacial score (nSPS) is 17.1. The molecule has 0 amide bonds. The molecule has 1 aromatic rings. The predicted molar refractivity (Wildman–Crippen MR) is 66.8 cm³/mol. The first-order valence-electron chi connectivity index (χ1n) is 5.81. The van der Waals surface area contributed by atoms with Crippen LogP contribution in [0.4, 0.5) is 0 Å². The van der Waals surface area contributed by atoms with Gasteiger partial charge in [-0.1, -0.05) is 50.1 Å². The van der Waals surface area contributed by atoms with E-state index >= 15 is 0 Å². The number of hydrogen-bond donors (Lipinski definition) is 1. The minimum absolute atomic E-state index is 0.191. The van der Waals surface area contributed by atoms with Crippen LogP contribution in [0.25, 0.3) is 0 Å². The van der Waals surface area contributed by atoms with Crippen molar-refractivity contribution >= 4 is 0 Å². The van der Waals surface area contributed by atoms with Gasteiger partial charge < -0.3 is 5.73 Å². The van der Waals surface area contributed by atoms with Crippen molar-refractivity contribution in [3.63, 3.8) is 0 Å². The zero-order valence-electron chi connectivity index (χ0n) is 10.4. The summed E-state index contributed by atoms with van der Waals surface area (Å²) >= 11 is 0. The fraction of sp³-hybridized carbons (Fsp3) is 0.571. The Bertz CT molecular complexity index is 298. The van der Waals surface area contributed by atoms with E-state index in [4.69, 9.17) is 5.73 Å². The first-order chi connectivity index (χ1) is 6.95. The summed E-state index contributed by atoms with van der Waals surface area (Å²) in [5.74, 6) is 0.682. The monoisotopic (exact) mass is 205 g/mol. The molecule has 0 spiro atoms. The molecular formula is C14H23N. The van der Waals surface area contributed by atoms with Gasteiger partial charge in [-0.15, -0.1) is 0 Å². The van der Waals surface area contributed by atoms with Crippen LogP contribution in [0.15, 0.2) is 24.3 Å². The zero-order chi connectivity index (χ0) is 11.5. The van der Waals surface area contributed by atoms with Crippen LogP contribution in [0, 0.1) is 12.8 Å². The lowest BCUT2D eigenvalue weighted by molar-refractivity contribution is 0.356. The lowest BCUT2D eigenvalue weighted by Gasteiger charge is -2.28. The van der Waals surface area contributed by atoms with Gasteiger partial charge in [-0.3, -0.25) is 0 Å². The van der Waals surface area contributed by atoms with E-state index in [-0.39, 0.29) is 5.54 Å². The maximum atomic E-state index is 6.36. The lowest BCUT2D eigenvalue weighted by Crippen LogP contribution is -2.34. The number of aryl methyl sites for hydroxylation is 1. The second-order valence-corrected chi connectivity index (χ2v) is 5.00. The SMILES string of the molecule is CCC(C)CC(C)(N)c1ccc(C)cc1. The molecule has 84 valence electrons. The van der Waals surface area contributed by atoms with Crippen LogP contribution in [0.3, 0.4) is 0 Å². The second-order valence-electron chi connectivity index (χ2n) is 5.00. The predicted octanol–water partition coefficient (Wildman–Crippen LogP) is 3.61. The van der Waals surface area contributed by atoms with Crippen molar-refractivity contribution in [2.45, 2.75) is 46.1 Å². The zero-order valence-corrected chi connectivity index (χ0v) is 10.4. The summed E-state index contributed by atoms with van der Waals surface area (Å²) in [5.41, 5.74) is 8.71. The largest absolute Gasteiger partial charge is 0.322 e. The highest BCUT2D eigenvalue weighted by molar-refractivity contribution is 5.27. The minimum Gasteiger partial charge on any atom is -0.322 e. The van der Waals surface area contributed by atoms with E-state index in [2.05, 4.69) is 52.0 Å². The molecular weight excluding hydrogens is 182 g/mol. The highest BCUT2D eigenvalue weighted by Gasteiger charge is 2.22. The standard InChI is InChI=1S/C14H23N/c1-5-11(2)10-14(4,15)13-8-6-12(3)7-9-13/h6-9,11H,5,10,15H2,1-4H3. The van der Waals surface area contributed by atoms with Crippen molar-refractivity contribution in [3.8, 4) is 0 Å². The average Bonchev–Trinajstić information content (AvgIpc) is 2.17. The summed E-state index contributed by atoms with van der Waals surface area (Å²) in [6.45, 7) is 8.71. The van der Waals surface area contributed by atoms with Gasteiger partial charge in [-0.25, -0.2) is 0 Å². The van der Waals surface area contributed by atoms with E-state index < -0.39 is 0 Å². The van der Waals surface area contributed by atoms with E-state index in [0.717, 1.165) is 6.42 Å². The number of benzene rings is 1. The summed E-state index contributed by atoms with van der Waals surface area (Å²) in [5, 5.41) is 0. The van der Waals surface area contributed by atoms with E-state index in [1.54, 1.807) is 0 Å². The molecule has 2 unspecified atom stereocenters. The van der Waals surface area contributed by atoms with E-state index in [1.165, 1.54) is 17.5 Å². The first-order valence-corrected chi connectivity index (χ1v) is 5.81. The van der Waals surface area contributed by atoms with Gasteiger partial charge in [-0.05, 0) is 31.7 Å². The quantitative estimate of drug-likeness (QED) is 0.798. The molecule has 0 aliphatic rings. The van der Waals surface area contributed by atoms with Gasteiger partial charge in [0.15, 0.2) is 0 Å². The first kappa shape index (κ1) is 12.3.